The van der Waals surface area contributed by atoms with E-state index in [9.17, 15) is 13.2 Å². The fraction of sp³-hybridized carbons (Fsp3) is 0.429. The highest BCUT2D eigenvalue weighted by Gasteiger charge is 2.48. The Labute approximate surface area is 156 Å². The van der Waals surface area contributed by atoms with Crippen LogP contribution in [0.3, 0.4) is 0 Å². The molecule has 2 aromatic carbocycles. The van der Waals surface area contributed by atoms with E-state index in [1.54, 1.807) is 6.07 Å². The van der Waals surface area contributed by atoms with Gasteiger partial charge in [-0.15, -0.1) is 0 Å². The summed E-state index contributed by atoms with van der Waals surface area (Å²) in [6, 6.07) is 13.4. The summed E-state index contributed by atoms with van der Waals surface area (Å²) in [6.07, 6.45) is -4.90. The minimum absolute atomic E-state index is 0.125. The molecule has 0 bridgehead atoms. The summed E-state index contributed by atoms with van der Waals surface area (Å²) in [7, 11) is 0. The maximum Gasteiger partial charge on any atom is 0.416 e. The van der Waals surface area contributed by atoms with Crippen molar-refractivity contribution < 1.29 is 27.4 Å². The van der Waals surface area contributed by atoms with Crippen LogP contribution in [-0.2, 0) is 33.6 Å². The number of hydrogen-bond donors (Lipinski definition) is 0. The predicted molar refractivity (Wildman–Crippen MR) is 92.9 cm³/mol. The van der Waals surface area contributed by atoms with Crippen LogP contribution < -0.4 is 0 Å². The van der Waals surface area contributed by atoms with Crippen LogP contribution in [0.25, 0.3) is 0 Å². The zero-order valence-electron chi connectivity index (χ0n) is 14.9. The van der Waals surface area contributed by atoms with Crippen LogP contribution in [0.1, 0.15) is 41.7 Å². The highest BCUT2D eigenvalue weighted by molar-refractivity contribution is 5.33. The van der Waals surface area contributed by atoms with Gasteiger partial charge in [-0.1, -0.05) is 49.4 Å². The Bertz CT molecular complexity index is 805. The molecule has 1 saturated heterocycles. The molecule has 6 heteroatoms. The van der Waals surface area contributed by atoms with Gasteiger partial charge in [0.1, 0.15) is 18.3 Å². The molecule has 0 spiro atoms. The number of benzene rings is 2. The molecule has 0 N–H and O–H groups in total. The summed E-state index contributed by atoms with van der Waals surface area (Å²) in [6.45, 7) is 2.30. The van der Waals surface area contributed by atoms with Crippen molar-refractivity contribution in [2.75, 3.05) is 0 Å². The van der Waals surface area contributed by atoms with Crippen LogP contribution in [0.15, 0.2) is 48.5 Å². The van der Waals surface area contributed by atoms with E-state index in [4.69, 9.17) is 14.2 Å². The van der Waals surface area contributed by atoms with Crippen molar-refractivity contribution in [1.29, 1.82) is 0 Å². The first-order valence-electron chi connectivity index (χ1n) is 9.10. The van der Waals surface area contributed by atoms with Crippen LogP contribution in [0, 0.1) is 0 Å². The molecule has 0 aromatic heterocycles. The van der Waals surface area contributed by atoms with Crippen molar-refractivity contribution in [3.8, 4) is 0 Å². The Kier molecular flexibility index (Phi) is 4.97. The lowest BCUT2D eigenvalue weighted by Gasteiger charge is -2.30. The zero-order chi connectivity index (χ0) is 19.0. The maximum atomic E-state index is 13.2. The Balaban J connectivity index is 1.55. The molecule has 27 heavy (non-hydrogen) atoms. The van der Waals surface area contributed by atoms with Crippen LogP contribution in [0.5, 0.6) is 0 Å². The highest BCUT2D eigenvalue weighted by Crippen LogP contribution is 2.43. The van der Waals surface area contributed by atoms with Gasteiger partial charge in [0.15, 0.2) is 0 Å². The van der Waals surface area contributed by atoms with Crippen LogP contribution in [0.4, 0.5) is 13.2 Å². The first-order chi connectivity index (χ1) is 13.0. The van der Waals surface area contributed by atoms with Gasteiger partial charge in [-0.25, -0.2) is 0 Å². The van der Waals surface area contributed by atoms with Crippen molar-refractivity contribution in [3.05, 3.63) is 70.8 Å². The lowest BCUT2D eigenvalue weighted by atomic mass is 9.94. The summed E-state index contributed by atoms with van der Waals surface area (Å²) < 4.78 is 57.8. The third kappa shape index (κ3) is 3.49. The molecule has 0 unspecified atom stereocenters. The van der Waals surface area contributed by atoms with Crippen molar-refractivity contribution in [2.24, 2.45) is 0 Å². The summed E-state index contributed by atoms with van der Waals surface area (Å²) in [4.78, 5) is 0. The number of fused-ring (bicyclic) bond motifs is 3. The van der Waals surface area contributed by atoms with Gasteiger partial charge in [0.25, 0.3) is 0 Å². The van der Waals surface area contributed by atoms with Gasteiger partial charge >= 0.3 is 6.18 Å². The van der Waals surface area contributed by atoms with Crippen LogP contribution in [-0.4, -0.2) is 18.3 Å². The minimum Gasteiger partial charge on any atom is -0.368 e. The molecule has 2 aromatic rings. The van der Waals surface area contributed by atoms with Crippen molar-refractivity contribution in [1.82, 2.24) is 0 Å². The van der Waals surface area contributed by atoms with Crippen molar-refractivity contribution in [2.45, 2.75) is 57.2 Å². The Morgan fingerprint density at radius 2 is 1.81 bits per heavy atom. The van der Waals surface area contributed by atoms with Gasteiger partial charge in [-0.05, 0) is 29.2 Å². The van der Waals surface area contributed by atoms with E-state index in [2.05, 4.69) is 0 Å². The fourth-order valence-corrected chi connectivity index (χ4v) is 3.93. The van der Waals surface area contributed by atoms with Gasteiger partial charge in [0.05, 0.1) is 24.9 Å². The van der Waals surface area contributed by atoms with Gasteiger partial charge < -0.3 is 14.2 Å². The number of alkyl halides is 3. The van der Waals surface area contributed by atoms with Crippen LogP contribution in [0.2, 0.25) is 0 Å². The molecule has 3 nitrogen and oxygen atoms in total. The van der Waals surface area contributed by atoms with Crippen molar-refractivity contribution >= 4 is 0 Å². The van der Waals surface area contributed by atoms with E-state index in [1.807, 2.05) is 31.2 Å². The zero-order valence-corrected chi connectivity index (χ0v) is 14.9. The standard InChI is InChI=1S/C21H21F3O3/c1-2-17-19(25-12-14-8-4-6-10-16(14)21(22,23)24)20-18(27-17)15-9-5-3-7-13(15)11-26-20/h3-10,17-20H,2,11-12H2,1H3/t17-,18-,19+,20+/m1/s1. The van der Waals surface area contributed by atoms with E-state index >= 15 is 0 Å². The number of halogens is 3. The summed E-state index contributed by atoms with van der Waals surface area (Å²) in [5.41, 5.74) is 1.62. The fourth-order valence-electron chi connectivity index (χ4n) is 3.93. The molecule has 2 heterocycles. The summed E-state index contributed by atoms with van der Waals surface area (Å²) in [5, 5.41) is 0. The van der Waals surface area contributed by atoms with E-state index < -0.39 is 17.8 Å². The number of ether oxygens (including phenoxy) is 3. The molecular formula is C21H21F3O3. The third-order valence-corrected chi connectivity index (χ3v) is 5.26. The minimum atomic E-state index is -4.40. The summed E-state index contributed by atoms with van der Waals surface area (Å²) >= 11 is 0. The molecule has 0 aliphatic carbocycles. The van der Waals surface area contributed by atoms with Gasteiger partial charge in [-0.2, -0.15) is 13.2 Å². The predicted octanol–water partition coefficient (Wildman–Crippen LogP) is 5.04. The average molecular weight is 378 g/mol. The monoisotopic (exact) mass is 378 g/mol. The smallest absolute Gasteiger partial charge is 0.368 e. The van der Waals surface area contributed by atoms with E-state index in [0.29, 0.717) is 13.0 Å². The van der Waals surface area contributed by atoms with E-state index in [0.717, 1.165) is 17.2 Å². The molecule has 0 saturated carbocycles. The van der Waals surface area contributed by atoms with Gasteiger partial charge in [0.2, 0.25) is 0 Å². The molecule has 2 aliphatic rings. The molecule has 4 rings (SSSR count). The Morgan fingerprint density at radius 1 is 1.07 bits per heavy atom. The topological polar surface area (TPSA) is 27.7 Å². The Hall–Kier alpha value is -1.89. The third-order valence-electron chi connectivity index (χ3n) is 5.26. The van der Waals surface area contributed by atoms with E-state index in [1.165, 1.54) is 12.1 Å². The second kappa shape index (κ2) is 7.26. The van der Waals surface area contributed by atoms with Crippen molar-refractivity contribution in [3.63, 3.8) is 0 Å². The highest BCUT2D eigenvalue weighted by atomic mass is 19.4. The average Bonchev–Trinajstić information content (AvgIpc) is 3.04. The maximum absolute atomic E-state index is 13.2. The molecule has 2 aliphatic heterocycles. The molecule has 0 radical (unpaired) electrons. The van der Waals surface area contributed by atoms with Crippen LogP contribution >= 0.6 is 0 Å². The number of rotatable bonds is 4. The summed E-state index contributed by atoms with van der Waals surface area (Å²) in [5.74, 6) is 0. The lowest BCUT2D eigenvalue weighted by molar-refractivity contribution is -0.140. The van der Waals surface area contributed by atoms with Gasteiger partial charge in [-0.3, -0.25) is 0 Å². The molecule has 144 valence electrons. The lowest BCUT2D eigenvalue weighted by Crippen LogP contribution is -2.37. The molecule has 1 fully saturated rings. The quantitative estimate of drug-likeness (QED) is 0.746. The first-order valence-corrected chi connectivity index (χ1v) is 9.10. The normalized spacial score (nSPS) is 27.3. The molecular weight excluding hydrogens is 357 g/mol. The molecule has 0 amide bonds. The molecule has 4 atom stereocenters. The Morgan fingerprint density at radius 3 is 2.59 bits per heavy atom. The SMILES string of the molecule is CC[C@H]1O[C@@H]2c3ccccc3CO[C@@H]2[C@H]1OCc1ccccc1C(F)(F)F. The van der Waals surface area contributed by atoms with E-state index in [-0.39, 0.29) is 30.5 Å². The first kappa shape index (κ1) is 18.5. The largest absolute Gasteiger partial charge is 0.416 e. The second-order valence-corrected chi connectivity index (χ2v) is 6.91. The van der Waals surface area contributed by atoms with Gasteiger partial charge in [0, 0.05) is 0 Å². The second-order valence-electron chi connectivity index (χ2n) is 6.91. The number of hydrogen-bond acceptors (Lipinski definition) is 3.